The van der Waals surface area contributed by atoms with Crippen LogP contribution in [0.4, 0.5) is 14.9 Å². The lowest BCUT2D eigenvalue weighted by Crippen LogP contribution is -2.55. The summed E-state index contributed by atoms with van der Waals surface area (Å²) in [6.07, 6.45) is 2.32. The number of piperazine rings is 1. The molecule has 1 aliphatic heterocycles. The summed E-state index contributed by atoms with van der Waals surface area (Å²) in [7, 11) is 0. The fourth-order valence-corrected chi connectivity index (χ4v) is 3.38. The maximum Gasteiger partial charge on any atom is 0.410 e. The minimum Gasteiger partial charge on any atom is -0.444 e. The number of allylic oxidation sites excluding steroid dienone is 1. The second-order valence-electron chi connectivity index (χ2n) is 8.41. The normalized spacial score (nSPS) is 17.1. The number of carbonyl (C=O) groups is 1. The zero-order chi connectivity index (χ0) is 21.1. The molecule has 1 heterocycles. The zero-order valence-electron chi connectivity index (χ0n) is 17.7. The van der Waals surface area contributed by atoms with Gasteiger partial charge in [-0.3, -0.25) is 0 Å². The Bertz CT molecular complexity index is 801. The largest absolute Gasteiger partial charge is 0.444 e. The van der Waals surface area contributed by atoms with Gasteiger partial charge < -0.3 is 14.5 Å². The quantitative estimate of drug-likeness (QED) is 0.736. The second-order valence-corrected chi connectivity index (χ2v) is 8.41. The molecule has 0 bridgehead atoms. The third-order valence-electron chi connectivity index (χ3n) is 4.57. The Balaban J connectivity index is 2.33. The van der Waals surface area contributed by atoms with Crippen molar-refractivity contribution in [3.63, 3.8) is 0 Å². The fraction of sp³-hybridized carbons (Fsp3) is 0.545. The maximum absolute atomic E-state index is 14.6. The number of hydrogen-bond donors (Lipinski definition) is 0. The first-order valence-corrected chi connectivity index (χ1v) is 9.68. The lowest BCUT2D eigenvalue weighted by molar-refractivity contribution is 0.0213. The van der Waals surface area contributed by atoms with E-state index >= 15 is 0 Å². The van der Waals surface area contributed by atoms with Gasteiger partial charge in [0.2, 0.25) is 0 Å². The van der Waals surface area contributed by atoms with Gasteiger partial charge in [-0.1, -0.05) is 18.6 Å². The molecule has 0 spiro atoms. The Morgan fingerprint density at radius 2 is 2.04 bits per heavy atom. The van der Waals surface area contributed by atoms with Crippen molar-refractivity contribution in [3.8, 4) is 6.07 Å². The van der Waals surface area contributed by atoms with Crippen LogP contribution >= 0.6 is 0 Å². The SMILES string of the molecule is CCC1CN(C(=O)OC(C)(C)C)CCN1c1cc(C=C(C)C)cc(F)c1C#N. The minimum absolute atomic E-state index is 0.0188. The van der Waals surface area contributed by atoms with Crippen LogP contribution in [0.1, 0.15) is 59.1 Å². The number of hydrogen-bond acceptors (Lipinski definition) is 4. The van der Waals surface area contributed by atoms with Crippen molar-refractivity contribution < 1.29 is 13.9 Å². The molecule has 0 N–H and O–H groups in total. The van der Waals surface area contributed by atoms with Crippen molar-refractivity contribution >= 4 is 17.9 Å². The number of carbonyl (C=O) groups excluding carboxylic acids is 1. The van der Waals surface area contributed by atoms with Gasteiger partial charge in [-0.25, -0.2) is 9.18 Å². The average Bonchev–Trinajstić information content (AvgIpc) is 2.58. The summed E-state index contributed by atoms with van der Waals surface area (Å²) in [5.41, 5.74) is 1.87. The van der Waals surface area contributed by atoms with E-state index in [0.29, 0.717) is 25.3 Å². The Hall–Kier alpha value is -2.55. The van der Waals surface area contributed by atoms with Crippen LogP contribution in [0.25, 0.3) is 6.08 Å². The standard InChI is InChI=1S/C22H30FN3O2/c1-7-17-14-25(21(27)28-22(4,5)6)8-9-26(17)20-12-16(10-15(2)3)11-19(23)18(20)13-24/h10-12,17H,7-9,14H2,1-6H3. The van der Waals surface area contributed by atoms with E-state index in [2.05, 4.69) is 0 Å². The van der Waals surface area contributed by atoms with E-state index in [4.69, 9.17) is 4.74 Å². The summed E-state index contributed by atoms with van der Waals surface area (Å²) in [5, 5.41) is 9.51. The van der Waals surface area contributed by atoms with Gasteiger partial charge in [0, 0.05) is 25.7 Å². The Kier molecular flexibility index (Phi) is 6.71. The van der Waals surface area contributed by atoms with Gasteiger partial charge in [0.05, 0.1) is 5.69 Å². The predicted octanol–water partition coefficient (Wildman–Crippen LogP) is 4.96. The van der Waals surface area contributed by atoms with Crippen molar-refractivity contribution in [2.75, 3.05) is 24.5 Å². The minimum atomic E-state index is -0.550. The van der Waals surface area contributed by atoms with Gasteiger partial charge in [0.1, 0.15) is 23.1 Å². The second kappa shape index (κ2) is 8.64. The van der Waals surface area contributed by atoms with Gasteiger partial charge in [0.25, 0.3) is 0 Å². The molecule has 1 aromatic carbocycles. The summed E-state index contributed by atoms with van der Waals surface area (Å²) < 4.78 is 20.1. The van der Waals surface area contributed by atoms with Crippen LogP contribution in [0.2, 0.25) is 0 Å². The number of anilines is 1. The lowest BCUT2D eigenvalue weighted by atomic mass is 10.0. The molecule has 1 atom stereocenters. The zero-order valence-corrected chi connectivity index (χ0v) is 17.7. The highest BCUT2D eigenvalue weighted by atomic mass is 19.1. The number of ether oxygens (including phenoxy) is 1. The van der Waals surface area contributed by atoms with Gasteiger partial charge in [-0.15, -0.1) is 0 Å². The van der Waals surface area contributed by atoms with Crippen LogP contribution in [0.3, 0.4) is 0 Å². The van der Waals surface area contributed by atoms with E-state index in [1.54, 1.807) is 4.90 Å². The van der Waals surface area contributed by atoms with E-state index in [1.807, 2.05) is 64.7 Å². The van der Waals surface area contributed by atoms with Gasteiger partial charge in [-0.05, 0) is 58.7 Å². The number of benzene rings is 1. The number of nitriles is 1. The Labute approximate surface area is 167 Å². The van der Waals surface area contributed by atoms with Crippen LogP contribution in [0.15, 0.2) is 17.7 Å². The molecule has 5 nitrogen and oxygen atoms in total. The number of halogens is 1. The molecular weight excluding hydrogens is 357 g/mol. The molecule has 0 saturated carbocycles. The maximum atomic E-state index is 14.6. The molecule has 2 rings (SSSR count). The first-order valence-electron chi connectivity index (χ1n) is 9.68. The number of amides is 1. The highest BCUT2D eigenvalue weighted by Gasteiger charge is 2.32. The van der Waals surface area contributed by atoms with E-state index in [1.165, 1.54) is 6.07 Å². The molecule has 28 heavy (non-hydrogen) atoms. The topological polar surface area (TPSA) is 56.6 Å². The summed E-state index contributed by atoms with van der Waals surface area (Å²) in [4.78, 5) is 16.2. The van der Waals surface area contributed by atoms with Crippen molar-refractivity contribution in [2.45, 2.75) is 59.6 Å². The van der Waals surface area contributed by atoms with Gasteiger partial charge >= 0.3 is 6.09 Å². The fourth-order valence-electron chi connectivity index (χ4n) is 3.38. The molecule has 1 fully saturated rings. The summed E-state index contributed by atoms with van der Waals surface area (Å²) in [5.74, 6) is -0.517. The number of rotatable bonds is 3. The van der Waals surface area contributed by atoms with Crippen LogP contribution in [0.5, 0.6) is 0 Å². The van der Waals surface area contributed by atoms with Crippen LogP contribution in [-0.4, -0.2) is 42.3 Å². The molecule has 0 radical (unpaired) electrons. The molecule has 1 aliphatic rings. The molecule has 0 aliphatic carbocycles. The Morgan fingerprint density at radius 1 is 1.36 bits per heavy atom. The summed E-state index contributed by atoms with van der Waals surface area (Å²) in [6, 6.07) is 5.25. The van der Waals surface area contributed by atoms with E-state index in [9.17, 15) is 14.4 Å². The first-order chi connectivity index (χ1) is 13.1. The van der Waals surface area contributed by atoms with Gasteiger partial charge in [-0.2, -0.15) is 5.26 Å². The molecular formula is C22H30FN3O2. The van der Waals surface area contributed by atoms with Crippen molar-refractivity contribution in [3.05, 3.63) is 34.6 Å². The molecule has 1 aromatic rings. The van der Waals surface area contributed by atoms with E-state index in [-0.39, 0.29) is 17.7 Å². The molecule has 6 heteroatoms. The molecule has 1 saturated heterocycles. The molecule has 152 valence electrons. The third kappa shape index (κ3) is 5.25. The van der Waals surface area contributed by atoms with E-state index in [0.717, 1.165) is 17.6 Å². The smallest absolute Gasteiger partial charge is 0.410 e. The van der Waals surface area contributed by atoms with Crippen LogP contribution < -0.4 is 4.90 Å². The summed E-state index contributed by atoms with van der Waals surface area (Å²) >= 11 is 0. The number of nitrogens with zero attached hydrogens (tertiary/aromatic N) is 3. The predicted molar refractivity (Wildman–Crippen MR) is 110 cm³/mol. The van der Waals surface area contributed by atoms with E-state index < -0.39 is 11.4 Å². The molecule has 0 aromatic heterocycles. The van der Waals surface area contributed by atoms with Crippen molar-refractivity contribution in [1.82, 2.24) is 4.90 Å². The van der Waals surface area contributed by atoms with Gasteiger partial charge in [0.15, 0.2) is 0 Å². The van der Waals surface area contributed by atoms with Crippen LogP contribution in [-0.2, 0) is 4.74 Å². The summed E-state index contributed by atoms with van der Waals surface area (Å²) in [6.45, 7) is 12.9. The lowest BCUT2D eigenvalue weighted by Gasteiger charge is -2.43. The monoisotopic (exact) mass is 387 g/mol. The Morgan fingerprint density at radius 3 is 2.57 bits per heavy atom. The highest BCUT2D eigenvalue weighted by molar-refractivity contribution is 5.70. The van der Waals surface area contributed by atoms with Crippen LogP contribution in [0, 0.1) is 17.1 Å². The van der Waals surface area contributed by atoms with Crippen molar-refractivity contribution in [2.24, 2.45) is 0 Å². The molecule has 1 amide bonds. The highest BCUT2D eigenvalue weighted by Crippen LogP contribution is 2.30. The first kappa shape index (κ1) is 21.7. The molecule has 1 unspecified atom stereocenters. The third-order valence-corrected chi connectivity index (χ3v) is 4.57. The average molecular weight is 387 g/mol. The van der Waals surface area contributed by atoms with Crippen molar-refractivity contribution in [1.29, 1.82) is 5.26 Å².